The molecule has 2 rings (SSSR count). The second kappa shape index (κ2) is 7.74. The van der Waals surface area contributed by atoms with Gasteiger partial charge in [-0.1, -0.05) is 21.9 Å². The maximum atomic E-state index is 12.3. The van der Waals surface area contributed by atoms with Crippen LogP contribution in [-0.4, -0.2) is 23.4 Å². The molecule has 0 radical (unpaired) electrons. The fourth-order valence-corrected chi connectivity index (χ4v) is 2.50. The number of rotatable bonds is 4. The maximum absolute atomic E-state index is 12.3. The van der Waals surface area contributed by atoms with Crippen molar-refractivity contribution in [3.05, 3.63) is 35.7 Å². The Balaban J connectivity index is 2.47. The van der Waals surface area contributed by atoms with Crippen LogP contribution in [0.15, 0.2) is 24.3 Å². The zero-order chi connectivity index (χ0) is 18.6. The third-order valence-corrected chi connectivity index (χ3v) is 3.75. The summed E-state index contributed by atoms with van der Waals surface area (Å²) in [5.74, 6) is 3.71. The minimum absolute atomic E-state index is 0.280. The average molecular weight is 414 g/mol. The summed E-state index contributed by atoms with van der Waals surface area (Å²) in [6.07, 6.45) is -4.72. The first-order chi connectivity index (χ1) is 11.7. The van der Waals surface area contributed by atoms with E-state index in [1.165, 1.54) is 24.3 Å². The predicted octanol–water partition coefficient (Wildman–Crippen LogP) is 4.66. The molecule has 1 heterocycles. The number of aromatic nitrogens is 2. The highest BCUT2D eigenvalue weighted by Gasteiger charge is 2.31. The average Bonchev–Trinajstić information content (AvgIpc) is 2.54. The largest absolute Gasteiger partial charge is 0.573 e. The summed E-state index contributed by atoms with van der Waals surface area (Å²) in [6, 6.07) is 8.48. The smallest absolute Gasteiger partial charge is 0.406 e. The summed E-state index contributed by atoms with van der Waals surface area (Å²) in [4.78, 5) is 10.6. The van der Waals surface area contributed by atoms with Crippen LogP contribution in [0.3, 0.4) is 0 Å². The minimum Gasteiger partial charge on any atom is -0.406 e. The summed E-state index contributed by atoms with van der Waals surface area (Å²) in [7, 11) is 1.79. The van der Waals surface area contributed by atoms with Gasteiger partial charge in [0.1, 0.15) is 17.4 Å². The highest BCUT2D eigenvalue weighted by molar-refractivity contribution is 9.08. The Morgan fingerprint density at radius 1 is 1.20 bits per heavy atom. The van der Waals surface area contributed by atoms with E-state index in [2.05, 4.69) is 42.6 Å². The van der Waals surface area contributed by atoms with Gasteiger partial charge >= 0.3 is 6.36 Å². The Bertz CT molecular complexity index is 811. The van der Waals surface area contributed by atoms with Gasteiger partial charge < -0.3 is 4.74 Å². The molecule has 1 aromatic carbocycles. The van der Waals surface area contributed by atoms with Crippen LogP contribution in [0, 0.1) is 18.9 Å². The monoisotopic (exact) mass is 413 g/mol. The molecule has 0 aliphatic heterocycles. The molecule has 0 spiro atoms. The lowest BCUT2D eigenvalue weighted by atomic mass is 10.1. The molecule has 0 aliphatic rings. The van der Waals surface area contributed by atoms with E-state index in [1.807, 2.05) is 6.92 Å². The Hall–Kier alpha value is -2.27. The topological polar surface area (TPSA) is 38.2 Å². The number of alkyl halides is 4. The van der Waals surface area contributed by atoms with E-state index in [9.17, 15) is 13.2 Å². The van der Waals surface area contributed by atoms with E-state index in [0.717, 1.165) is 5.56 Å². The molecule has 0 atom stereocenters. The number of hydrogen-bond donors (Lipinski definition) is 0. The number of anilines is 1. The van der Waals surface area contributed by atoms with Crippen molar-refractivity contribution in [1.29, 1.82) is 0 Å². The second-order valence-corrected chi connectivity index (χ2v) is 5.62. The number of benzene rings is 1. The molecule has 0 N–H and O–H groups in total. The van der Waals surface area contributed by atoms with Gasteiger partial charge in [-0.2, -0.15) is 0 Å². The van der Waals surface area contributed by atoms with E-state index in [4.69, 9.17) is 0 Å². The van der Waals surface area contributed by atoms with Gasteiger partial charge in [0, 0.05) is 24.2 Å². The zero-order valence-corrected chi connectivity index (χ0v) is 15.4. The SMILES string of the molecule is CC#CN(C)c1nc(CBr)nc(-c2ccc(OC(F)(F)F)cc2)c1C. The van der Waals surface area contributed by atoms with Gasteiger partial charge in [-0.05, 0) is 38.1 Å². The molecule has 0 amide bonds. The van der Waals surface area contributed by atoms with Crippen molar-refractivity contribution in [3.8, 4) is 29.0 Å². The molecule has 0 bridgehead atoms. The highest BCUT2D eigenvalue weighted by Crippen LogP contribution is 2.30. The van der Waals surface area contributed by atoms with Gasteiger partial charge in [0.25, 0.3) is 0 Å². The molecule has 0 fully saturated rings. The molecule has 25 heavy (non-hydrogen) atoms. The fourth-order valence-electron chi connectivity index (χ4n) is 2.25. The summed E-state index contributed by atoms with van der Waals surface area (Å²) in [6.45, 7) is 3.56. The maximum Gasteiger partial charge on any atom is 0.573 e. The molecule has 4 nitrogen and oxygen atoms in total. The summed E-state index contributed by atoms with van der Waals surface area (Å²) < 4.78 is 40.7. The van der Waals surface area contributed by atoms with Crippen LogP contribution in [0.4, 0.5) is 19.0 Å². The highest BCUT2D eigenvalue weighted by atomic mass is 79.9. The van der Waals surface area contributed by atoms with Crippen LogP contribution in [0.25, 0.3) is 11.3 Å². The zero-order valence-electron chi connectivity index (χ0n) is 13.8. The van der Waals surface area contributed by atoms with Gasteiger partial charge in [-0.3, -0.25) is 4.90 Å². The van der Waals surface area contributed by atoms with Crippen molar-refractivity contribution >= 4 is 21.7 Å². The number of hydrogen-bond acceptors (Lipinski definition) is 4. The molecule has 8 heteroatoms. The quantitative estimate of drug-likeness (QED) is 0.415. The van der Waals surface area contributed by atoms with Crippen molar-refractivity contribution in [1.82, 2.24) is 9.97 Å². The van der Waals surface area contributed by atoms with Crippen LogP contribution in [0.5, 0.6) is 5.75 Å². The minimum atomic E-state index is -4.72. The normalized spacial score (nSPS) is 10.8. The number of ether oxygens (including phenoxy) is 1. The summed E-state index contributed by atoms with van der Waals surface area (Å²) in [5, 5.41) is 0.440. The molecule has 132 valence electrons. The third kappa shape index (κ3) is 4.86. The Morgan fingerprint density at radius 3 is 2.36 bits per heavy atom. The van der Waals surface area contributed by atoms with E-state index in [1.54, 1.807) is 18.9 Å². The van der Waals surface area contributed by atoms with Crippen LogP contribution in [-0.2, 0) is 5.33 Å². The van der Waals surface area contributed by atoms with Crippen molar-refractivity contribution in [3.63, 3.8) is 0 Å². The van der Waals surface area contributed by atoms with Crippen LogP contribution in [0.1, 0.15) is 18.3 Å². The van der Waals surface area contributed by atoms with Crippen molar-refractivity contribution in [2.24, 2.45) is 0 Å². The Labute approximate surface area is 152 Å². The lowest BCUT2D eigenvalue weighted by molar-refractivity contribution is -0.274. The summed E-state index contributed by atoms with van der Waals surface area (Å²) in [5.41, 5.74) is 2.07. The molecular formula is C17H15BrF3N3O. The Kier molecular flexibility index (Phi) is 5.90. The van der Waals surface area contributed by atoms with Crippen molar-refractivity contribution in [2.75, 3.05) is 11.9 Å². The first-order valence-electron chi connectivity index (χ1n) is 7.21. The molecular weight excluding hydrogens is 399 g/mol. The van der Waals surface area contributed by atoms with E-state index < -0.39 is 6.36 Å². The van der Waals surface area contributed by atoms with E-state index in [0.29, 0.717) is 28.2 Å². The molecule has 1 aromatic heterocycles. The molecule has 0 unspecified atom stereocenters. The molecule has 2 aromatic rings. The van der Waals surface area contributed by atoms with Crippen molar-refractivity contribution < 1.29 is 17.9 Å². The summed E-state index contributed by atoms with van der Waals surface area (Å²) >= 11 is 3.33. The van der Waals surface area contributed by atoms with Gasteiger partial charge in [0.15, 0.2) is 0 Å². The molecule has 0 saturated carbocycles. The second-order valence-electron chi connectivity index (χ2n) is 5.06. The van der Waals surface area contributed by atoms with Crippen LogP contribution >= 0.6 is 15.9 Å². The Morgan fingerprint density at radius 2 is 1.84 bits per heavy atom. The van der Waals surface area contributed by atoms with Crippen molar-refractivity contribution in [2.45, 2.75) is 25.5 Å². The van der Waals surface area contributed by atoms with E-state index >= 15 is 0 Å². The molecule has 0 saturated heterocycles. The lowest BCUT2D eigenvalue weighted by Crippen LogP contribution is -2.17. The van der Waals surface area contributed by atoms with Gasteiger partial charge in [0.2, 0.25) is 0 Å². The standard InChI is InChI=1S/C17H15BrF3N3O/c1-4-9-24(3)16-11(2)15(22-14(10-18)23-16)12-5-7-13(8-6-12)25-17(19,20)21/h5-8H,10H2,1-3H3. The fraction of sp³-hybridized carbons (Fsp3) is 0.294. The molecule has 0 aliphatic carbocycles. The van der Waals surface area contributed by atoms with Crippen LogP contribution in [0.2, 0.25) is 0 Å². The first-order valence-corrected chi connectivity index (χ1v) is 8.33. The van der Waals surface area contributed by atoms with E-state index in [-0.39, 0.29) is 5.75 Å². The first kappa shape index (κ1) is 19.1. The van der Waals surface area contributed by atoms with Crippen LogP contribution < -0.4 is 9.64 Å². The van der Waals surface area contributed by atoms with Gasteiger partial charge in [-0.25, -0.2) is 9.97 Å². The predicted molar refractivity (Wildman–Crippen MR) is 93.4 cm³/mol. The third-order valence-electron chi connectivity index (χ3n) is 3.24. The number of nitrogens with zero attached hydrogens (tertiary/aromatic N) is 3. The lowest BCUT2D eigenvalue weighted by Gasteiger charge is -2.17. The van der Waals surface area contributed by atoms with Gasteiger partial charge in [-0.15, -0.1) is 13.2 Å². The number of halogens is 4. The van der Waals surface area contributed by atoms with Gasteiger partial charge in [0.05, 0.1) is 11.0 Å².